The van der Waals surface area contributed by atoms with Crippen LogP contribution in [0, 0.1) is 0 Å². The maximum Gasteiger partial charge on any atom is 0.416 e. The van der Waals surface area contributed by atoms with E-state index in [2.05, 4.69) is 20.8 Å². The van der Waals surface area contributed by atoms with Crippen molar-refractivity contribution in [2.24, 2.45) is 0 Å². The molecule has 0 saturated carbocycles. The number of hydrogen-bond donors (Lipinski definition) is 2. The summed E-state index contributed by atoms with van der Waals surface area (Å²) in [5, 5.41) is 9.52. The fraction of sp³-hybridized carbons (Fsp3) is 0.167. The van der Waals surface area contributed by atoms with Crippen LogP contribution < -0.4 is 15.4 Å². The molecule has 0 unspecified atom stereocenters. The monoisotopic (exact) mass is 408 g/mol. The van der Waals surface area contributed by atoms with E-state index in [-0.39, 0.29) is 23.2 Å². The van der Waals surface area contributed by atoms with Crippen LogP contribution in [-0.4, -0.2) is 22.4 Å². The molecule has 0 atom stereocenters. The Hall–Kier alpha value is -3.14. The summed E-state index contributed by atoms with van der Waals surface area (Å²) in [4.78, 5) is 4.25. The molecule has 0 amide bonds. The molecular weight excluding hydrogens is 393 g/mol. The molecule has 1 heterocycles. The van der Waals surface area contributed by atoms with Gasteiger partial charge in [-0.15, -0.1) is 0 Å². The first-order valence-corrected chi connectivity index (χ1v) is 8.45. The number of alkyl halides is 3. The van der Waals surface area contributed by atoms with Gasteiger partial charge in [0.15, 0.2) is 5.11 Å². The minimum atomic E-state index is -4.42. The van der Waals surface area contributed by atoms with E-state index in [1.54, 1.807) is 25.3 Å². The van der Waals surface area contributed by atoms with E-state index in [0.29, 0.717) is 11.6 Å². The van der Waals surface area contributed by atoms with Crippen molar-refractivity contribution in [1.82, 2.24) is 15.5 Å². The zero-order valence-electron chi connectivity index (χ0n) is 14.6. The summed E-state index contributed by atoms with van der Waals surface area (Å²) in [6.07, 6.45) is -4.42. The molecule has 0 fully saturated rings. The summed E-state index contributed by atoms with van der Waals surface area (Å²) in [6, 6.07) is 11.9. The van der Waals surface area contributed by atoms with Gasteiger partial charge in [-0.25, -0.2) is 0 Å². The molecule has 0 bridgehead atoms. The van der Waals surface area contributed by atoms with Gasteiger partial charge in [-0.3, -0.25) is 0 Å². The number of ether oxygens (including phenoxy) is 1. The van der Waals surface area contributed by atoms with Gasteiger partial charge >= 0.3 is 6.18 Å². The van der Waals surface area contributed by atoms with Crippen molar-refractivity contribution in [2.45, 2.75) is 12.7 Å². The average molecular weight is 408 g/mol. The Morgan fingerprint density at radius 3 is 2.71 bits per heavy atom. The second-order valence-electron chi connectivity index (χ2n) is 5.63. The van der Waals surface area contributed by atoms with Gasteiger partial charge in [0.05, 0.1) is 19.2 Å². The molecule has 1 aromatic heterocycles. The van der Waals surface area contributed by atoms with Gasteiger partial charge in [0.25, 0.3) is 0 Å². The molecule has 2 N–H and O–H groups in total. The largest absolute Gasteiger partial charge is 0.497 e. The molecule has 0 aliphatic carbocycles. The number of rotatable bonds is 5. The van der Waals surface area contributed by atoms with Crippen LogP contribution in [0.2, 0.25) is 0 Å². The molecule has 6 nitrogen and oxygen atoms in total. The molecule has 146 valence electrons. The molecule has 0 radical (unpaired) electrons. The number of methoxy groups -OCH3 is 1. The van der Waals surface area contributed by atoms with Gasteiger partial charge in [-0.2, -0.15) is 18.2 Å². The maximum atomic E-state index is 12.8. The molecule has 10 heteroatoms. The number of anilines is 1. The lowest BCUT2D eigenvalue weighted by molar-refractivity contribution is -0.137. The highest BCUT2D eigenvalue weighted by Crippen LogP contribution is 2.30. The summed E-state index contributed by atoms with van der Waals surface area (Å²) in [6.45, 7) is 0.113. The summed E-state index contributed by atoms with van der Waals surface area (Å²) in [7, 11) is 1.56. The Bertz CT molecular complexity index is 975. The number of benzene rings is 2. The van der Waals surface area contributed by atoms with Crippen molar-refractivity contribution in [3.8, 4) is 17.1 Å². The van der Waals surface area contributed by atoms with Gasteiger partial charge in [0.1, 0.15) is 5.75 Å². The lowest BCUT2D eigenvalue weighted by Gasteiger charge is -2.11. The van der Waals surface area contributed by atoms with Crippen LogP contribution in [-0.2, 0) is 12.7 Å². The second-order valence-corrected chi connectivity index (χ2v) is 6.04. The number of nitrogens with zero attached hydrogens (tertiary/aromatic N) is 2. The first-order chi connectivity index (χ1) is 13.3. The molecule has 0 aliphatic rings. The van der Waals surface area contributed by atoms with Crippen LogP contribution in [0.3, 0.4) is 0 Å². The van der Waals surface area contributed by atoms with Crippen LogP contribution in [0.4, 0.5) is 18.9 Å². The molecule has 2 aromatic carbocycles. The highest BCUT2D eigenvalue weighted by atomic mass is 32.1. The second kappa shape index (κ2) is 8.26. The van der Waals surface area contributed by atoms with Crippen molar-refractivity contribution >= 4 is 23.0 Å². The molecule has 0 saturated heterocycles. The van der Waals surface area contributed by atoms with E-state index >= 15 is 0 Å². The van der Waals surface area contributed by atoms with E-state index in [1.165, 1.54) is 12.1 Å². The first kappa shape index (κ1) is 19.6. The average Bonchev–Trinajstić information content (AvgIpc) is 3.15. The van der Waals surface area contributed by atoms with Crippen LogP contribution in [0.1, 0.15) is 11.5 Å². The van der Waals surface area contributed by atoms with E-state index in [9.17, 15) is 13.2 Å². The van der Waals surface area contributed by atoms with Crippen molar-refractivity contribution in [2.75, 3.05) is 12.4 Å². The maximum absolute atomic E-state index is 12.8. The summed E-state index contributed by atoms with van der Waals surface area (Å²) in [5.41, 5.74) is 0.175. The minimum absolute atomic E-state index is 0.113. The Kier molecular flexibility index (Phi) is 5.78. The summed E-state index contributed by atoms with van der Waals surface area (Å²) >= 11 is 5.10. The third kappa shape index (κ3) is 4.97. The van der Waals surface area contributed by atoms with Crippen molar-refractivity contribution in [3.63, 3.8) is 0 Å². The smallest absolute Gasteiger partial charge is 0.416 e. The van der Waals surface area contributed by atoms with E-state index in [4.69, 9.17) is 21.5 Å². The topological polar surface area (TPSA) is 72.2 Å². The Balaban J connectivity index is 1.59. The van der Waals surface area contributed by atoms with Gasteiger partial charge in [0.2, 0.25) is 11.7 Å². The normalized spacial score (nSPS) is 11.1. The van der Waals surface area contributed by atoms with E-state index in [1.807, 2.05) is 6.07 Å². The van der Waals surface area contributed by atoms with Gasteiger partial charge in [0, 0.05) is 11.3 Å². The van der Waals surface area contributed by atoms with Gasteiger partial charge in [-0.05, 0) is 42.5 Å². The predicted octanol–water partition coefficient (Wildman–Crippen LogP) is 4.25. The van der Waals surface area contributed by atoms with Crippen molar-refractivity contribution < 1.29 is 22.4 Å². The molecule has 3 rings (SSSR count). The van der Waals surface area contributed by atoms with Crippen LogP contribution in [0.15, 0.2) is 53.1 Å². The number of aromatic nitrogens is 2. The number of thiocarbonyl (C=S) groups is 1. The number of hydrogen-bond acceptors (Lipinski definition) is 5. The number of nitrogens with one attached hydrogen (secondary N) is 2. The third-order valence-corrected chi connectivity index (χ3v) is 3.89. The third-order valence-electron chi connectivity index (χ3n) is 3.64. The highest BCUT2D eigenvalue weighted by molar-refractivity contribution is 7.80. The van der Waals surface area contributed by atoms with Crippen LogP contribution in [0.5, 0.6) is 5.75 Å². The van der Waals surface area contributed by atoms with Crippen molar-refractivity contribution in [1.29, 1.82) is 0 Å². The molecule has 0 aliphatic heterocycles. The SMILES string of the molecule is COc1cccc(-c2noc(CNC(=S)Nc3cccc(C(F)(F)F)c3)n2)c1. The minimum Gasteiger partial charge on any atom is -0.497 e. The Labute approximate surface area is 163 Å². The standard InChI is InChI=1S/C18H15F3N4O2S/c1-26-14-7-2-4-11(8-14)16-24-15(27-25-16)10-22-17(28)23-13-6-3-5-12(9-13)18(19,20)21/h2-9H,10H2,1H3,(H2,22,23,28). The first-order valence-electron chi connectivity index (χ1n) is 8.04. The zero-order chi connectivity index (χ0) is 20.1. The lowest BCUT2D eigenvalue weighted by atomic mass is 10.2. The Morgan fingerprint density at radius 1 is 1.18 bits per heavy atom. The van der Waals surface area contributed by atoms with Crippen LogP contribution >= 0.6 is 12.2 Å². The molecule has 0 spiro atoms. The lowest BCUT2D eigenvalue weighted by Crippen LogP contribution is -2.28. The quantitative estimate of drug-likeness (QED) is 0.612. The molecule has 28 heavy (non-hydrogen) atoms. The van der Waals surface area contributed by atoms with Crippen molar-refractivity contribution in [3.05, 3.63) is 60.0 Å². The summed E-state index contributed by atoms with van der Waals surface area (Å²) in [5.74, 6) is 1.31. The van der Waals surface area contributed by atoms with Gasteiger partial charge < -0.3 is 19.9 Å². The predicted molar refractivity (Wildman–Crippen MR) is 101 cm³/mol. The van der Waals surface area contributed by atoms with Crippen LogP contribution in [0.25, 0.3) is 11.4 Å². The van der Waals surface area contributed by atoms with Gasteiger partial charge in [-0.1, -0.05) is 23.4 Å². The Morgan fingerprint density at radius 2 is 1.96 bits per heavy atom. The highest BCUT2D eigenvalue weighted by Gasteiger charge is 2.30. The van der Waals surface area contributed by atoms with E-state index in [0.717, 1.165) is 17.7 Å². The summed E-state index contributed by atoms with van der Waals surface area (Å²) < 4.78 is 48.6. The molecule has 3 aromatic rings. The van der Waals surface area contributed by atoms with E-state index < -0.39 is 11.7 Å². The zero-order valence-corrected chi connectivity index (χ0v) is 15.4. The molecular formula is C18H15F3N4O2S. The fourth-order valence-electron chi connectivity index (χ4n) is 2.31. The number of halogens is 3. The fourth-order valence-corrected chi connectivity index (χ4v) is 2.50.